The smallest absolute Gasteiger partial charge is 0.412 e. The number of nitrogens with one attached hydrogen (secondary N) is 1. The SMILES string of the molecule is CC(C)(C)OC(=O)Nc1ccc(C(O[Si](C)(C)C(C)(C)C)c2ccc(-c3ccc(F)cc3)cc2)cc1. The van der Waals surface area contributed by atoms with Crippen molar-refractivity contribution in [1.82, 2.24) is 0 Å². The van der Waals surface area contributed by atoms with E-state index in [1.54, 1.807) is 12.1 Å². The summed E-state index contributed by atoms with van der Waals surface area (Å²) < 4.78 is 25.6. The molecule has 1 atom stereocenters. The summed E-state index contributed by atoms with van der Waals surface area (Å²) in [5.74, 6) is -0.247. The van der Waals surface area contributed by atoms with Crippen LogP contribution in [0.5, 0.6) is 0 Å². The molecule has 0 aliphatic heterocycles. The molecule has 1 unspecified atom stereocenters. The number of carbonyl (C=O) groups is 1. The molecule has 0 aliphatic rings. The van der Waals surface area contributed by atoms with Gasteiger partial charge in [-0.2, -0.15) is 0 Å². The average molecular weight is 508 g/mol. The van der Waals surface area contributed by atoms with Gasteiger partial charge >= 0.3 is 6.09 Å². The van der Waals surface area contributed by atoms with E-state index in [4.69, 9.17) is 9.16 Å². The Morgan fingerprint density at radius 1 is 0.778 bits per heavy atom. The molecular formula is C30H38FNO3Si. The number of ether oxygens (including phenoxy) is 1. The van der Waals surface area contributed by atoms with Crippen LogP contribution in [-0.2, 0) is 9.16 Å². The van der Waals surface area contributed by atoms with Crippen molar-refractivity contribution in [2.24, 2.45) is 0 Å². The number of anilines is 1. The van der Waals surface area contributed by atoms with Crippen LogP contribution in [0.4, 0.5) is 14.9 Å². The third-order valence-corrected chi connectivity index (χ3v) is 10.9. The fourth-order valence-corrected chi connectivity index (χ4v) is 4.67. The normalized spacial score (nSPS) is 13.2. The molecule has 0 heterocycles. The zero-order valence-corrected chi connectivity index (χ0v) is 23.6. The van der Waals surface area contributed by atoms with Gasteiger partial charge in [0.15, 0.2) is 8.32 Å². The fourth-order valence-electron chi connectivity index (χ4n) is 3.46. The maximum atomic E-state index is 13.3. The summed E-state index contributed by atoms with van der Waals surface area (Å²) in [5.41, 5.74) is 4.11. The molecule has 0 radical (unpaired) electrons. The van der Waals surface area contributed by atoms with Gasteiger partial charge in [-0.05, 0) is 85.4 Å². The predicted octanol–water partition coefficient (Wildman–Crippen LogP) is 8.95. The van der Waals surface area contributed by atoms with E-state index in [9.17, 15) is 9.18 Å². The molecule has 0 bridgehead atoms. The summed E-state index contributed by atoms with van der Waals surface area (Å²) in [6, 6.07) is 22.4. The molecule has 3 rings (SSSR count). The maximum Gasteiger partial charge on any atom is 0.412 e. The number of amides is 1. The first-order valence-electron chi connectivity index (χ1n) is 12.3. The number of hydrogen-bond donors (Lipinski definition) is 1. The lowest BCUT2D eigenvalue weighted by molar-refractivity contribution is 0.0636. The molecule has 1 N–H and O–H groups in total. The van der Waals surface area contributed by atoms with Crippen LogP contribution in [0.15, 0.2) is 72.8 Å². The molecule has 0 saturated carbocycles. The van der Waals surface area contributed by atoms with E-state index >= 15 is 0 Å². The molecule has 1 amide bonds. The third-order valence-electron chi connectivity index (χ3n) is 6.47. The number of halogens is 1. The Balaban J connectivity index is 1.90. The van der Waals surface area contributed by atoms with Crippen LogP contribution in [0, 0.1) is 5.82 Å². The predicted molar refractivity (Wildman–Crippen MR) is 148 cm³/mol. The van der Waals surface area contributed by atoms with Gasteiger partial charge in [-0.3, -0.25) is 5.32 Å². The Labute approximate surface area is 216 Å². The summed E-state index contributed by atoms with van der Waals surface area (Å²) in [5, 5.41) is 2.83. The van der Waals surface area contributed by atoms with Gasteiger partial charge in [0.1, 0.15) is 11.4 Å². The highest BCUT2D eigenvalue weighted by molar-refractivity contribution is 6.74. The minimum absolute atomic E-state index is 0.0392. The monoisotopic (exact) mass is 507 g/mol. The van der Waals surface area contributed by atoms with Gasteiger partial charge in [-0.1, -0.05) is 69.3 Å². The van der Waals surface area contributed by atoms with Gasteiger partial charge < -0.3 is 9.16 Å². The van der Waals surface area contributed by atoms with Gasteiger partial charge in [-0.25, -0.2) is 9.18 Å². The minimum Gasteiger partial charge on any atom is -0.444 e. The van der Waals surface area contributed by atoms with Crippen LogP contribution in [0.25, 0.3) is 11.1 Å². The van der Waals surface area contributed by atoms with E-state index < -0.39 is 20.0 Å². The first-order chi connectivity index (χ1) is 16.6. The Kier molecular flexibility index (Phi) is 8.11. The second-order valence-electron chi connectivity index (χ2n) is 11.6. The molecule has 0 saturated heterocycles. The van der Waals surface area contributed by atoms with Gasteiger partial charge in [0.25, 0.3) is 0 Å². The van der Waals surface area contributed by atoms with Crippen LogP contribution in [-0.4, -0.2) is 20.0 Å². The van der Waals surface area contributed by atoms with Crippen LogP contribution in [0.2, 0.25) is 18.1 Å². The molecular weight excluding hydrogens is 469 g/mol. The van der Waals surface area contributed by atoms with Crippen molar-refractivity contribution in [3.63, 3.8) is 0 Å². The highest BCUT2D eigenvalue weighted by atomic mass is 28.4. The quantitative estimate of drug-likeness (QED) is 0.339. The highest BCUT2D eigenvalue weighted by Crippen LogP contribution is 2.42. The summed E-state index contributed by atoms with van der Waals surface area (Å²) in [6.45, 7) is 16.7. The van der Waals surface area contributed by atoms with Gasteiger partial charge in [0.05, 0.1) is 6.10 Å². The van der Waals surface area contributed by atoms with E-state index in [0.717, 1.165) is 22.3 Å². The van der Waals surface area contributed by atoms with Gasteiger partial charge in [-0.15, -0.1) is 0 Å². The molecule has 3 aromatic rings. The summed E-state index contributed by atoms with van der Waals surface area (Å²) in [7, 11) is -2.12. The highest BCUT2D eigenvalue weighted by Gasteiger charge is 2.39. The van der Waals surface area contributed by atoms with Crippen LogP contribution >= 0.6 is 0 Å². The van der Waals surface area contributed by atoms with E-state index in [2.05, 4.69) is 51.3 Å². The molecule has 0 aromatic heterocycles. The van der Waals surface area contributed by atoms with E-state index in [0.29, 0.717) is 5.69 Å². The number of rotatable bonds is 6. The van der Waals surface area contributed by atoms with Crippen molar-refractivity contribution in [2.45, 2.75) is 71.4 Å². The fraction of sp³-hybridized carbons (Fsp3) is 0.367. The minimum atomic E-state index is -2.12. The van der Waals surface area contributed by atoms with E-state index in [1.807, 2.05) is 57.2 Å². The lowest BCUT2D eigenvalue weighted by Crippen LogP contribution is -2.42. The molecule has 36 heavy (non-hydrogen) atoms. The second-order valence-corrected chi connectivity index (χ2v) is 16.4. The average Bonchev–Trinajstić information content (AvgIpc) is 2.77. The topological polar surface area (TPSA) is 47.6 Å². The number of hydrogen-bond acceptors (Lipinski definition) is 3. The Morgan fingerprint density at radius 3 is 1.67 bits per heavy atom. The standard InChI is InChI=1S/C30H38FNO3Si/c1-29(2,3)34-28(33)32-26-19-15-24(16-20-26)27(35-36(7,8)30(4,5)6)23-11-9-21(10-12-23)22-13-17-25(31)18-14-22/h9-20,27H,1-8H3,(H,32,33). The van der Waals surface area contributed by atoms with Crippen molar-refractivity contribution in [1.29, 1.82) is 0 Å². The molecule has 4 nitrogen and oxygen atoms in total. The Morgan fingerprint density at radius 2 is 1.22 bits per heavy atom. The number of benzene rings is 3. The number of carbonyl (C=O) groups excluding carboxylic acids is 1. The van der Waals surface area contributed by atoms with Crippen molar-refractivity contribution >= 4 is 20.1 Å². The van der Waals surface area contributed by atoms with Gasteiger partial charge in [0.2, 0.25) is 0 Å². The summed E-state index contributed by atoms with van der Waals surface area (Å²) >= 11 is 0. The molecule has 192 valence electrons. The van der Waals surface area contributed by atoms with Crippen molar-refractivity contribution in [3.05, 3.63) is 89.7 Å². The van der Waals surface area contributed by atoms with E-state index in [1.165, 1.54) is 12.1 Å². The third kappa shape index (κ3) is 7.28. The molecule has 0 fully saturated rings. The lowest BCUT2D eigenvalue weighted by Gasteiger charge is -2.39. The van der Waals surface area contributed by atoms with Gasteiger partial charge in [0, 0.05) is 5.69 Å². The summed E-state index contributed by atoms with van der Waals surface area (Å²) in [6.07, 6.45) is -0.746. The maximum absolute atomic E-state index is 13.3. The zero-order valence-electron chi connectivity index (χ0n) is 22.6. The molecule has 3 aromatic carbocycles. The van der Waals surface area contributed by atoms with Crippen molar-refractivity contribution < 1.29 is 18.3 Å². The van der Waals surface area contributed by atoms with Crippen LogP contribution in [0.3, 0.4) is 0 Å². The molecule has 0 aliphatic carbocycles. The largest absolute Gasteiger partial charge is 0.444 e. The van der Waals surface area contributed by atoms with Crippen LogP contribution < -0.4 is 5.32 Å². The second kappa shape index (κ2) is 10.6. The summed E-state index contributed by atoms with van der Waals surface area (Å²) in [4.78, 5) is 12.2. The Bertz CT molecular complexity index is 1160. The first-order valence-corrected chi connectivity index (χ1v) is 15.2. The molecule has 0 spiro atoms. The van der Waals surface area contributed by atoms with Crippen molar-refractivity contribution in [2.75, 3.05) is 5.32 Å². The molecule has 6 heteroatoms. The zero-order chi connectivity index (χ0) is 26.7. The lowest BCUT2D eigenvalue weighted by atomic mass is 9.98. The van der Waals surface area contributed by atoms with Crippen LogP contribution in [0.1, 0.15) is 58.8 Å². The first kappa shape index (κ1) is 27.6. The van der Waals surface area contributed by atoms with E-state index in [-0.39, 0.29) is 17.0 Å². The Hall–Kier alpha value is -2.96. The van der Waals surface area contributed by atoms with Crippen molar-refractivity contribution in [3.8, 4) is 11.1 Å².